The first-order valence-electron chi connectivity index (χ1n) is 11.2. The molecule has 164 valence electrons. The van der Waals surface area contributed by atoms with Gasteiger partial charge in [0.25, 0.3) is 0 Å². The number of hydrogen-bond donors (Lipinski definition) is 0. The summed E-state index contributed by atoms with van der Waals surface area (Å²) in [5.74, 6) is 0.324. The third kappa shape index (κ3) is 4.57. The molecule has 0 atom stereocenters. The van der Waals surface area contributed by atoms with Gasteiger partial charge >= 0.3 is 0 Å². The van der Waals surface area contributed by atoms with Crippen LogP contribution in [0.4, 0.5) is 4.39 Å². The lowest BCUT2D eigenvalue weighted by Gasteiger charge is -2.31. The normalized spacial score (nSPS) is 15.5. The lowest BCUT2D eigenvalue weighted by molar-refractivity contribution is 0.204. The van der Waals surface area contributed by atoms with E-state index in [2.05, 4.69) is 33.9 Å². The van der Waals surface area contributed by atoms with Crippen molar-refractivity contribution in [3.05, 3.63) is 100 Å². The van der Waals surface area contributed by atoms with Crippen molar-refractivity contribution in [2.24, 2.45) is 7.05 Å². The van der Waals surface area contributed by atoms with E-state index in [0.717, 1.165) is 54.8 Å². The number of likely N-dealkylation sites (tertiary alicyclic amines) is 1. The molecule has 0 unspecified atom stereocenters. The molecule has 3 nitrogen and oxygen atoms in total. The van der Waals surface area contributed by atoms with E-state index in [0.29, 0.717) is 5.92 Å². The summed E-state index contributed by atoms with van der Waals surface area (Å²) in [6, 6.07) is 17.4. The van der Waals surface area contributed by atoms with E-state index in [1.807, 2.05) is 37.5 Å². The van der Waals surface area contributed by atoms with Crippen LogP contribution in [-0.2, 0) is 20.0 Å². The first-order chi connectivity index (χ1) is 15.5. The highest BCUT2D eigenvalue weighted by atomic mass is 35.5. The largest absolute Gasteiger partial charge is 0.350 e. The van der Waals surface area contributed by atoms with Crippen LogP contribution >= 0.6 is 11.6 Å². The molecule has 0 bridgehead atoms. The number of piperidine rings is 1. The van der Waals surface area contributed by atoms with Crippen LogP contribution in [0.5, 0.6) is 0 Å². The summed E-state index contributed by atoms with van der Waals surface area (Å²) >= 11 is 6.10. The van der Waals surface area contributed by atoms with Crippen LogP contribution in [0, 0.1) is 5.82 Å². The number of nitrogens with zero attached hydrogens (tertiary/aromatic N) is 3. The molecule has 1 fully saturated rings. The van der Waals surface area contributed by atoms with Crippen molar-refractivity contribution >= 4 is 22.5 Å². The molecule has 5 heteroatoms. The Hall–Kier alpha value is -2.69. The second-order valence-corrected chi connectivity index (χ2v) is 9.31. The summed E-state index contributed by atoms with van der Waals surface area (Å²) in [5, 5.41) is 1.79. The number of fused-ring (bicyclic) bond motifs is 1. The third-order valence-corrected chi connectivity index (χ3v) is 6.81. The average Bonchev–Trinajstić information content (AvgIpc) is 3.09. The highest BCUT2D eigenvalue weighted by Crippen LogP contribution is 2.29. The van der Waals surface area contributed by atoms with Gasteiger partial charge in [-0.1, -0.05) is 29.8 Å². The van der Waals surface area contributed by atoms with Crippen LogP contribution in [0.1, 0.15) is 41.1 Å². The van der Waals surface area contributed by atoms with E-state index in [9.17, 15) is 4.39 Å². The number of rotatable bonds is 5. The maximum atomic E-state index is 13.8. The Labute approximate surface area is 193 Å². The first-order valence-corrected chi connectivity index (χ1v) is 11.6. The minimum atomic E-state index is -0.173. The zero-order chi connectivity index (χ0) is 22.1. The van der Waals surface area contributed by atoms with Crippen LogP contribution in [0.3, 0.4) is 0 Å². The van der Waals surface area contributed by atoms with Gasteiger partial charge in [0.05, 0.1) is 0 Å². The SMILES string of the molecule is Cn1cc(CN2CCC(c3ccc(Cc4cccc(Cl)c4)cn3)CC2)c2cc(F)ccc21. The Balaban J connectivity index is 1.20. The standard InChI is InChI=1S/C27H27ClFN3/c1-31-17-22(25-15-24(29)6-8-27(25)31)18-32-11-9-21(10-12-32)26-7-5-20(16-30-26)13-19-3-2-4-23(28)14-19/h2-8,14-17,21H,9-13,18H2,1H3. The monoisotopic (exact) mass is 447 g/mol. The van der Waals surface area contributed by atoms with Crippen molar-refractivity contribution in [3.63, 3.8) is 0 Å². The van der Waals surface area contributed by atoms with Gasteiger partial charge in [0.1, 0.15) is 5.82 Å². The number of pyridine rings is 1. The Morgan fingerprint density at radius 1 is 1.03 bits per heavy atom. The Morgan fingerprint density at radius 3 is 2.62 bits per heavy atom. The van der Waals surface area contributed by atoms with Gasteiger partial charge < -0.3 is 4.57 Å². The molecule has 0 amide bonds. The van der Waals surface area contributed by atoms with E-state index in [1.165, 1.54) is 28.5 Å². The van der Waals surface area contributed by atoms with Gasteiger partial charge in [-0.25, -0.2) is 4.39 Å². The van der Waals surface area contributed by atoms with Gasteiger partial charge in [0, 0.05) is 53.5 Å². The minimum absolute atomic E-state index is 0.173. The fraction of sp³-hybridized carbons (Fsp3) is 0.296. The van der Waals surface area contributed by atoms with Crippen molar-refractivity contribution in [3.8, 4) is 0 Å². The lowest BCUT2D eigenvalue weighted by atomic mass is 9.92. The molecule has 1 aliphatic heterocycles. The molecule has 2 aromatic heterocycles. The minimum Gasteiger partial charge on any atom is -0.350 e. The van der Waals surface area contributed by atoms with E-state index in [-0.39, 0.29) is 5.82 Å². The van der Waals surface area contributed by atoms with Crippen LogP contribution in [0.25, 0.3) is 10.9 Å². The number of halogens is 2. The molecule has 0 spiro atoms. The van der Waals surface area contributed by atoms with Gasteiger partial charge in [0.15, 0.2) is 0 Å². The van der Waals surface area contributed by atoms with Crippen molar-refractivity contribution in [2.75, 3.05) is 13.1 Å². The van der Waals surface area contributed by atoms with Gasteiger partial charge in [-0.3, -0.25) is 9.88 Å². The molecule has 0 radical (unpaired) electrons. The molecular weight excluding hydrogens is 421 g/mol. The average molecular weight is 448 g/mol. The molecule has 2 aromatic carbocycles. The molecule has 32 heavy (non-hydrogen) atoms. The number of hydrogen-bond acceptors (Lipinski definition) is 2. The maximum Gasteiger partial charge on any atom is 0.123 e. The summed E-state index contributed by atoms with van der Waals surface area (Å²) in [5.41, 5.74) is 5.87. The van der Waals surface area contributed by atoms with Crippen molar-refractivity contribution in [1.29, 1.82) is 0 Å². The highest BCUT2D eigenvalue weighted by molar-refractivity contribution is 6.30. The van der Waals surface area contributed by atoms with E-state index < -0.39 is 0 Å². The summed E-state index contributed by atoms with van der Waals surface area (Å²) in [6.07, 6.45) is 7.18. The molecule has 0 saturated carbocycles. The van der Waals surface area contributed by atoms with Crippen LogP contribution in [-0.4, -0.2) is 27.5 Å². The molecule has 1 saturated heterocycles. The van der Waals surface area contributed by atoms with Crippen LogP contribution in [0.15, 0.2) is 67.0 Å². The summed E-state index contributed by atoms with van der Waals surface area (Å²) in [6.45, 7) is 2.92. The predicted molar refractivity (Wildman–Crippen MR) is 129 cm³/mol. The quantitative estimate of drug-likeness (QED) is 0.356. The van der Waals surface area contributed by atoms with Gasteiger partial charge in [-0.2, -0.15) is 0 Å². The highest BCUT2D eigenvalue weighted by Gasteiger charge is 2.22. The smallest absolute Gasteiger partial charge is 0.123 e. The summed E-state index contributed by atoms with van der Waals surface area (Å²) in [7, 11) is 2.03. The maximum absolute atomic E-state index is 13.8. The van der Waals surface area contributed by atoms with Crippen molar-refractivity contribution in [1.82, 2.24) is 14.5 Å². The Morgan fingerprint density at radius 2 is 1.88 bits per heavy atom. The van der Waals surface area contributed by atoms with Gasteiger partial charge in [-0.15, -0.1) is 0 Å². The zero-order valence-corrected chi connectivity index (χ0v) is 19.0. The van der Waals surface area contributed by atoms with E-state index >= 15 is 0 Å². The van der Waals surface area contributed by atoms with Crippen molar-refractivity contribution in [2.45, 2.75) is 31.7 Å². The molecule has 0 N–H and O–H groups in total. The van der Waals surface area contributed by atoms with E-state index in [4.69, 9.17) is 16.6 Å². The summed E-state index contributed by atoms with van der Waals surface area (Å²) in [4.78, 5) is 7.26. The molecule has 1 aliphatic rings. The molecular formula is C27H27ClFN3. The Kier molecular flexibility index (Phi) is 5.99. The fourth-order valence-corrected chi connectivity index (χ4v) is 5.08. The third-order valence-electron chi connectivity index (χ3n) is 6.58. The van der Waals surface area contributed by atoms with Crippen LogP contribution in [0.2, 0.25) is 5.02 Å². The number of aryl methyl sites for hydroxylation is 1. The predicted octanol–water partition coefficient (Wildman–Crippen LogP) is 6.34. The molecule has 5 rings (SSSR count). The van der Waals surface area contributed by atoms with Gasteiger partial charge in [-0.05, 0) is 85.4 Å². The van der Waals surface area contributed by atoms with Gasteiger partial charge in [0.2, 0.25) is 0 Å². The van der Waals surface area contributed by atoms with Crippen molar-refractivity contribution < 1.29 is 4.39 Å². The number of benzene rings is 2. The van der Waals surface area contributed by atoms with Crippen LogP contribution < -0.4 is 0 Å². The summed E-state index contributed by atoms with van der Waals surface area (Å²) < 4.78 is 15.9. The lowest BCUT2D eigenvalue weighted by Crippen LogP contribution is -2.32. The zero-order valence-electron chi connectivity index (χ0n) is 18.3. The molecule has 4 aromatic rings. The number of aromatic nitrogens is 2. The fourth-order valence-electron chi connectivity index (χ4n) is 4.86. The second kappa shape index (κ2) is 9.05. The van der Waals surface area contributed by atoms with E-state index in [1.54, 1.807) is 6.07 Å². The second-order valence-electron chi connectivity index (χ2n) is 8.88. The molecule has 0 aliphatic carbocycles. The first kappa shape index (κ1) is 21.2. The molecule has 3 heterocycles. The topological polar surface area (TPSA) is 21.1 Å². The Bertz CT molecular complexity index is 1220.